The molecule has 104 valence electrons. The van der Waals surface area contributed by atoms with Gasteiger partial charge in [-0.15, -0.1) is 0 Å². The van der Waals surface area contributed by atoms with Gasteiger partial charge in [0.25, 0.3) is 5.91 Å². The van der Waals surface area contributed by atoms with Crippen molar-refractivity contribution in [1.82, 2.24) is 5.32 Å². The maximum atomic E-state index is 12.2. The van der Waals surface area contributed by atoms with Crippen molar-refractivity contribution in [1.29, 1.82) is 0 Å². The van der Waals surface area contributed by atoms with Crippen molar-refractivity contribution in [2.45, 2.75) is 26.0 Å². The smallest absolute Gasteiger partial charge is 0.267 e. The molecule has 1 aliphatic rings. The topological polar surface area (TPSA) is 67.6 Å². The molecule has 3 N–H and O–H groups in total. The molecule has 1 aromatic rings. The first-order valence-corrected chi connectivity index (χ1v) is 6.63. The fraction of sp³-hybridized carbons (Fsp3) is 0.500. The second-order valence-corrected chi connectivity index (χ2v) is 4.71. The van der Waals surface area contributed by atoms with E-state index in [4.69, 9.17) is 10.5 Å². The number of nitrogens with one attached hydrogen (secondary N) is 1. The number of ether oxygens (including phenoxy) is 1. The lowest BCUT2D eigenvalue weighted by molar-refractivity contribution is -0.125. The van der Waals surface area contributed by atoms with Crippen LogP contribution in [0.15, 0.2) is 18.2 Å². The fourth-order valence-corrected chi connectivity index (χ4v) is 2.22. The Bertz CT molecular complexity index is 462. The Balaban J connectivity index is 2.27. The minimum absolute atomic E-state index is 0.0118. The minimum Gasteiger partial charge on any atom is -0.479 e. The number of carbonyl (C=O) groups is 1. The van der Waals surface area contributed by atoms with Crippen molar-refractivity contribution in [3.05, 3.63) is 23.8 Å². The average molecular weight is 263 g/mol. The number of anilines is 1. The van der Waals surface area contributed by atoms with Crippen LogP contribution >= 0.6 is 0 Å². The molecule has 0 saturated carbocycles. The third-order valence-electron chi connectivity index (χ3n) is 3.28. The quantitative estimate of drug-likeness (QED) is 0.774. The van der Waals surface area contributed by atoms with E-state index in [0.717, 1.165) is 30.0 Å². The SMILES string of the molecule is CNCCCN1C(=O)C(C)Oc2ccc(CN)cc21. The van der Waals surface area contributed by atoms with Crippen LogP contribution in [0.3, 0.4) is 0 Å². The molecule has 2 rings (SSSR count). The number of amides is 1. The molecule has 0 saturated heterocycles. The van der Waals surface area contributed by atoms with Gasteiger partial charge in [0.15, 0.2) is 6.10 Å². The summed E-state index contributed by atoms with van der Waals surface area (Å²) in [6, 6.07) is 5.77. The van der Waals surface area contributed by atoms with Crippen LogP contribution in [0.25, 0.3) is 0 Å². The van der Waals surface area contributed by atoms with Crippen molar-refractivity contribution in [3.63, 3.8) is 0 Å². The molecular formula is C14H21N3O2. The monoisotopic (exact) mass is 263 g/mol. The van der Waals surface area contributed by atoms with Gasteiger partial charge < -0.3 is 20.7 Å². The van der Waals surface area contributed by atoms with Gasteiger partial charge >= 0.3 is 0 Å². The Morgan fingerprint density at radius 1 is 1.47 bits per heavy atom. The summed E-state index contributed by atoms with van der Waals surface area (Å²) in [6.07, 6.45) is 0.479. The molecule has 0 fully saturated rings. The normalized spacial score (nSPS) is 18.2. The molecule has 0 aromatic heterocycles. The molecule has 0 spiro atoms. The Kier molecular flexibility index (Phi) is 4.39. The van der Waals surface area contributed by atoms with E-state index in [-0.39, 0.29) is 5.91 Å². The molecule has 5 nitrogen and oxygen atoms in total. The zero-order valence-electron chi connectivity index (χ0n) is 11.5. The van der Waals surface area contributed by atoms with Gasteiger partial charge in [0.2, 0.25) is 0 Å². The van der Waals surface area contributed by atoms with Crippen LogP contribution in [-0.4, -0.2) is 32.1 Å². The Morgan fingerprint density at radius 3 is 2.95 bits per heavy atom. The van der Waals surface area contributed by atoms with Crippen LogP contribution in [0.5, 0.6) is 5.75 Å². The largest absolute Gasteiger partial charge is 0.479 e. The zero-order chi connectivity index (χ0) is 13.8. The van der Waals surface area contributed by atoms with E-state index < -0.39 is 6.10 Å². The van der Waals surface area contributed by atoms with E-state index in [1.165, 1.54) is 0 Å². The molecule has 1 aliphatic heterocycles. The molecule has 0 aliphatic carbocycles. The Labute approximate surface area is 113 Å². The van der Waals surface area contributed by atoms with Crippen molar-refractivity contribution < 1.29 is 9.53 Å². The summed E-state index contributed by atoms with van der Waals surface area (Å²) in [5.41, 5.74) is 7.50. The molecule has 0 bridgehead atoms. The molecular weight excluding hydrogens is 242 g/mol. The molecule has 1 heterocycles. The van der Waals surface area contributed by atoms with E-state index in [9.17, 15) is 4.79 Å². The van der Waals surface area contributed by atoms with Crippen molar-refractivity contribution >= 4 is 11.6 Å². The maximum Gasteiger partial charge on any atom is 0.267 e. The highest BCUT2D eigenvalue weighted by Gasteiger charge is 2.31. The highest BCUT2D eigenvalue weighted by atomic mass is 16.5. The summed E-state index contributed by atoms with van der Waals surface area (Å²) >= 11 is 0. The highest BCUT2D eigenvalue weighted by Crippen LogP contribution is 2.34. The number of nitrogens with two attached hydrogens (primary N) is 1. The highest BCUT2D eigenvalue weighted by molar-refractivity contribution is 5.99. The lowest BCUT2D eigenvalue weighted by Gasteiger charge is -2.33. The predicted octanol–water partition coefficient (Wildman–Crippen LogP) is 0.869. The van der Waals surface area contributed by atoms with Crippen LogP contribution in [0.2, 0.25) is 0 Å². The van der Waals surface area contributed by atoms with Crippen molar-refractivity contribution in [2.75, 3.05) is 25.0 Å². The van der Waals surface area contributed by atoms with E-state index in [1.54, 1.807) is 11.8 Å². The van der Waals surface area contributed by atoms with Crippen molar-refractivity contribution in [2.24, 2.45) is 5.73 Å². The molecule has 1 aromatic carbocycles. The first-order valence-electron chi connectivity index (χ1n) is 6.63. The molecule has 0 radical (unpaired) electrons. The number of nitrogens with zero attached hydrogens (tertiary/aromatic N) is 1. The van der Waals surface area contributed by atoms with Gasteiger partial charge in [-0.25, -0.2) is 0 Å². The van der Waals surface area contributed by atoms with Gasteiger partial charge in [-0.1, -0.05) is 6.07 Å². The summed E-state index contributed by atoms with van der Waals surface area (Å²) in [5, 5.41) is 3.09. The first kappa shape index (κ1) is 13.8. The summed E-state index contributed by atoms with van der Waals surface area (Å²) in [4.78, 5) is 14.0. The number of rotatable bonds is 5. The lowest BCUT2D eigenvalue weighted by Crippen LogP contribution is -2.45. The van der Waals surface area contributed by atoms with E-state index in [1.807, 2.05) is 25.2 Å². The van der Waals surface area contributed by atoms with Gasteiger partial charge in [0.1, 0.15) is 5.75 Å². The Hall–Kier alpha value is -1.59. The van der Waals surface area contributed by atoms with Crippen molar-refractivity contribution in [3.8, 4) is 5.75 Å². The number of benzene rings is 1. The number of hydrogen-bond acceptors (Lipinski definition) is 4. The number of carbonyl (C=O) groups excluding carboxylic acids is 1. The predicted molar refractivity (Wildman–Crippen MR) is 75.3 cm³/mol. The summed E-state index contributed by atoms with van der Waals surface area (Å²) < 4.78 is 5.63. The number of hydrogen-bond donors (Lipinski definition) is 2. The van der Waals surface area contributed by atoms with Crippen LogP contribution in [0, 0.1) is 0 Å². The third-order valence-corrected chi connectivity index (χ3v) is 3.28. The summed E-state index contributed by atoms with van der Waals surface area (Å²) in [6.45, 7) is 3.81. The standard InChI is InChI=1S/C14H21N3O2/c1-10-14(18)17(7-3-6-16-2)12-8-11(9-15)4-5-13(12)19-10/h4-5,8,10,16H,3,6-7,9,15H2,1-2H3. The lowest BCUT2D eigenvalue weighted by atomic mass is 10.1. The second-order valence-electron chi connectivity index (χ2n) is 4.71. The van der Waals surface area contributed by atoms with E-state index in [2.05, 4.69) is 5.32 Å². The zero-order valence-corrected chi connectivity index (χ0v) is 11.5. The summed E-state index contributed by atoms with van der Waals surface area (Å²) in [5.74, 6) is 0.770. The molecule has 1 unspecified atom stereocenters. The van der Waals surface area contributed by atoms with E-state index >= 15 is 0 Å². The third kappa shape index (κ3) is 2.88. The Morgan fingerprint density at radius 2 is 2.26 bits per heavy atom. The van der Waals surface area contributed by atoms with Crippen LogP contribution in [-0.2, 0) is 11.3 Å². The van der Waals surface area contributed by atoms with Gasteiger partial charge in [-0.2, -0.15) is 0 Å². The molecule has 1 amide bonds. The first-order chi connectivity index (χ1) is 9.17. The summed E-state index contributed by atoms with van der Waals surface area (Å²) in [7, 11) is 1.91. The van der Waals surface area contributed by atoms with Gasteiger partial charge in [-0.3, -0.25) is 4.79 Å². The van der Waals surface area contributed by atoms with Crippen LogP contribution < -0.4 is 20.7 Å². The maximum absolute atomic E-state index is 12.2. The average Bonchev–Trinajstić information content (AvgIpc) is 2.43. The molecule has 5 heteroatoms. The van der Waals surface area contributed by atoms with Crippen LogP contribution in [0.1, 0.15) is 18.9 Å². The number of fused-ring (bicyclic) bond motifs is 1. The minimum atomic E-state index is -0.425. The fourth-order valence-electron chi connectivity index (χ4n) is 2.22. The van der Waals surface area contributed by atoms with Gasteiger partial charge in [0, 0.05) is 13.1 Å². The van der Waals surface area contributed by atoms with Crippen LogP contribution in [0.4, 0.5) is 5.69 Å². The second kappa shape index (κ2) is 6.04. The van der Waals surface area contributed by atoms with Gasteiger partial charge in [-0.05, 0) is 44.6 Å². The molecule has 1 atom stereocenters. The molecule has 19 heavy (non-hydrogen) atoms. The van der Waals surface area contributed by atoms with E-state index in [0.29, 0.717) is 13.1 Å². The van der Waals surface area contributed by atoms with Gasteiger partial charge in [0.05, 0.1) is 5.69 Å².